The summed E-state index contributed by atoms with van der Waals surface area (Å²) >= 11 is 1.54. The Bertz CT molecular complexity index is 635. The zero-order chi connectivity index (χ0) is 17.2. The van der Waals surface area contributed by atoms with Crippen LogP contribution in [-0.2, 0) is 9.59 Å². The molecule has 0 aromatic heterocycles. The molecule has 1 aliphatic heterocycles. The van der Waals surface area contributed by atoms with Crippen molar-refractivity contribution < 1.29 is 9.59 Å². The van der Waals surface area contributed by atoms with Crippen LogP contribution in [0.1, 0.15) is 57.8 Å². The molecule has 3 aliphatic rings. The summed E-state index contributed by atoms with van der Waals surface area (Å²) in [5.41, 5.74) is 0.865. The summed E-state index contributed by atoms with van der Waals surface area (Å²) in [6.45, 7) is 0. The van der Waals surface area contributed by atoms with Gasteiger partial charge < -0.3 is 10.2 Å². The number of carbonyl (C=O) groups excluding carboxylic acids is 2. The first-order valence-corrected chi connectivity index (χ1v) is 10.5. The molecule has 4 nitrogen and oxygen atoms in total. The van der Waals surface area contributed by atoms with Gasteiger partial charge in [-0.25, -0.2) is 0 Å². The normalized spacial score (nSPS) is 24.2. The third-order valence-corrected chi connectivity index (χ3v) is 7.07. The van der Waals surface area contributed by atoms with Crippen molar-refractivity contribution in [1.29, 1.82) is 0 Å². The van der Waals surface area contributed by atoms with Crippen LogP contribution in [0.15, 0.2) is 29.2 Å². The van der Waals surface area contributed by atoms with E-state index in [1.165, 1.54) is 37.4 Å². The lowest BCUT2D eigenvalue weighted by atomic mass is 10.1. The van der Waals surface area contributed by atoms with E-state index in [4.69, 9.17) is 0 Å². The Morgan fingerprint density at radius 2 is 1.64 bits per heavy atom. The van der Waals surface area contributed by atoms with Gasteiger partial charge in [0.2, 0.25) is 11.8 Å². The van der Waals surface area contributed by atoms with E-state index in [0.717, 1.165) is 36.3 Å². The molecule has 1 N–H and O–H groups in total. The Kier molecular flexibility index (Phi) is 5.02. The first kappa shape index (κ1) is 17.0. The number of nitrogens with one attached hydrogen (secondary N) is 1. The summed E-state index contributed by atoms with van der Waals surface area (Å²) in [5, 5.41) is 2.65. The number of rotatable bonds is 4. The number of carbonyl (C=O) groups is 2. The molecule has 5 heteroatoms. The average Bonchev–Trinajstić information content (AvgIpc) is 3.30. The third kappa shape index (κ3) is 3.57. The minimum atomic E-state index is -0.312. The molecular formula is C20H26N2O2S. The van der Waals surface area contributed by atoms with Crippen molar-refractivity contribution in [2.45, 2.75) is 80.0 Å². The van der Waals surface area contributed by atoms with Crippen molar-refractivity contribution in [3.05, 3.63) is 24.3 Å². The highest BCUT2D eigenvalue weighted by atomic mass is 32.2. The van der Waals surface area contributed by atoms with Crippen LogP contribution >= 0.6 is 11.8 Å². The van der Waals surface area contributed by atoms with E-state index in [1.54, 1.807) is 0 Å². The monoisotopic (exact) mass is 358 g/mol. The minimum Gasteiger partial charge on any atom is -0.337 e. The second-order valence-corrected chi connectivity index (χ2v) is 8.72. The lowest BCUT2D eigenvalue weighted by molar-refractivity contribution is -0.137. The van der Waals surface area contributed by atoms with Crippen LogP contribution in [0.4, 0.5) is 5.69 Å². The number of thioether (sulfide) groups is 1. The SMILES string of the molecule is O=C1Nc2ccccc2S[C@@H]1CC(=O)N(C1CCCC1)C1CCCC1. The molecule has 2 saturated carbocycles. The molecule has 2 aliphatic carbocycles. The van der Waals surface area contributed by atoms with Gasteiger partial charge >= 0.3 is 0 Å². The van der Waals surface area contributed by atoms with Crippen molar-refractivity contribution in [1.82, 2.24) is 4.90 Å². The number of hydrogen-bond acceptors (Lipinski definition) is 3. The largest absolute Gasteiger partial charge is 0.337 e. The number of para-hydroxylation sites is 1. The van der Waals surface area contributed by atoms with Gasteiger partial charge in [0.05, 0.1) is 10.9 Å². The minimum absolute atomic E-state index is 0.0326. The molecule has 2 fully saturated rings. The van der Waals surface area contributed by atoms with Crippen LogP contribution in [0.25, 0.3) is 0 Å². The number of anilines is 1. The van der Waals surface area contributed by atoms with E-state index in [0.29, 0.717) is 18.5 Å². The number of hydrogen-bond donors (Lipinski definition) is 1. The highest BCUT2D eigenvalue weighted by molar-refractivity contribution is 8.01. The molecule has 2 amide bonds. The van der Waals surface area contributed by atoms with Crippen molar-refractivity contribution in [2.24, 2.45) is 0 Å². The summed E-state index contributed by atoms with van der Waals surface area (Å²) in [5.74, 6) is 0.153. The van der Waals surface area contributed by atoms with Gasteiger partial charge in [-0.3, -0.25) is 9.59 Å². The second-order valence-electron chi connectivity index (χ2n) is 7.47. The standard InChI is InChI=1S/C20H26N2O2S/c23-19(22(14-7-1-2-8-14)15-9-3-4-10-15)13-18-20(24)21-16-11-5-6-12-17(16)25-18/h5-6,11-12,14-15,18H,1-4,7-10,13H2,(H,21,24)/t18-/m1/s1. The van der Waals surface area contributed by atoms with Crippen LogP contribution in [0.5, 0.6) is 0 Å². The summed E-state index contributed by atoms with van der Waals surface area (Å²) in [4.78, 5) is 28.9. The molecule has 1 aromatic rings. The molecule has 0 bridgehead atoms. The predicted molar refractivity (Wildman–Crippen MR) is 101 cm³/mol. The number of nitrogens with zero attached hydrogens (tertiary/aromatic N) is 1. The van der Waals surface area contributed by atoms with Crippen LogP contribution in [0.2, 0.25) is 0 Å². The van der Waals surface area contributed by atoms with Crippen molar-refractivity contribution >= 4 is 29.3 Å². The topological polar surface area (TPSA) is 49.4 Å². The maximum atomic E-state index is 13.2. The van der Waals surface area contributed by atoms with Gasteiger partial charge in [0, 0.05) is 23.4 Å². The molecule has 25 heavy (non-hydrogen) atoms. The summed E-state index contributed by atoms with van der Waals surface area (Å²) in [6.07, 6.45) is 9.77. The van der Waals surface area contributed by atoms with E-state index in [-0.39, 0.29) is 17.1 Å². The van der Waals surface area contributed by atoms with Crippen LogP contribution in [0.3, 0.4) is 0 Å². The maximum absolute atomic E-state index is 13.2. The third-order valence-electron chi connectivity index (χ3n) is 5.79. The van der Waals surface area contributed by atoms with Crippen molar-refractivity contribution in [2.75, 3.05) is 5.32 Å². The number of amides is 2. The molecule has 4 rings (SSSR count). The number of fused-ring (bicyclic) bond motifs is 1. The summed E-state index contributed by atoms with van der Waals surface area (Å²) in [6, 6.07) is 8.64. The smallest absolute Gasteiger partial charge is 0.238 e. The lowest BCUT2D eigenvalue weighted by Gasteiger charge is -2.36. The van der Waals surface area contributed by atoms with Gasteiger partial charge in [0.15, 0.2) is 0 Å². The molecule has 134 valence electrons. The Balaban J connectivity index is 1.48. The van der Waals surface area contributed by atoms with Gasteiger partial charge in [0.1, 0.15) is 0 Å². The summed E-state index contributed by atoms with van der Waals surface area (Å²) < 4.78 is 0. The molecule has 1 aromatic carbocycles. The van der Waals surface area contributed by atoms with E-state index in [1.807, 2.05) is 24.3 Å². The lowest BCUT2D eigenvalue weighted by Crippen LogP contribution is -2.47. The van der Waals surface area contributed by atoms with Gasteiger partial charge in [-0.2, -0.15) is 0 Å². The van der Waals surface area contributed by atoms with Crippen molar-refractivity contribution in [3.63, 3.8) is 0 Å². The fourth-order valence-electron chi connectivity index (χ4n) is 4.56. The predicted octanol–water partition coefficient (Wildman–Crippen LogP) is 4.20. The first-order chi connectivity index (χ1) is 12.2. The van der Waals surface area contributed by atoms with Gasteiger partial charge in [-0.1, -0.05) is 37.8 Å². The quantitative estimate of drug-likeness (QED) is 0.877. The van der Waals surface area contributed by atoms with E-state index >= 15 is 0 Å². The fraction of sp³-hybridized carbons (Fsp3) is 0.600. The van der Waals surface area contributed by atoms with Crippen LogP contribution < -0.4 is 5.32 Å². The van der Waals surface area contributed by atoms with E-state index < -0.39 is 0 Å². The van der Waals surface area contributed by atoms with Gasteiger partial charge in [0.25, 0.3) is 0 Å². The Labute approximate surface area is 153 Å². The second kappa shape index (κ2) is 7.40. The molecule has 0 unspecified atom stereocenters. The average molecular weight is 359 g/mol. The van der Waals surface area contributed by atoms with Gasteiger partial charge in [-0.15, -0.1) is 11.8 Å². The zero-order valence-electron chi connectivity index (χ0n) is 14.6. The van der Waals surface area contributed by atoms with Crippen LogP contribution in [0, 0.1) is 0 Å². The molecule has 0 saturated heterocycles. The zero-order valence-corrected chi connectivity index (χ0v) is 15.4. The van der Waals surface area contributed by atoms with Crippen LogP contribution in [-0.4, -0.2) is 34.0 Å². The first-order valence-electron chi connectivity index (χ1n) is 9.60. The molecular weight excluding hydrogens is 332 g/mol. The fourth-order valence-corrected chi connectivity index (χ4v) is 5.66. The Morgan fingerprint density at radius 3 is 2.28 bits per heavy atom. The highest BCUT2D eigenvalue weighted by Crippen LogP contribution is 2.38. The van der Waals surface area contributed by atoms with Crippen molar-refractivity contribution in [3.8, 4) is 0 Å². The van der Waals surface area contributed by atoms with Gasteiger partial charge in [-0.05, 0) is 37.8 Å². The Morgan fingerprint density at radius 1 is 1.04 bits per heavy atom. The number of benzene rings is 1. The molecule has 1 heterocycles. The molecule has 0 radical (unpaired) electrons. The maximum Gasteiger partial charge on any atom is 0.238 e. The Hall–Kier alpha value is -1.49. The summed E-state index contributed by atoms with van der Waals surface area (Å²) in [7, 11) is 0. The highest BCUT2D eigenvalue weighted by Gasteiger charge is 2.37. The molecule has 1 atom stereocenters. The molecule has 0 spiro atoms. The van der Waals surface area contributed by atoms with E-state index in [2.05, 4.69) is 10.2 Å². The van der Waals surface area contributed by atoms with E-state index in [9.17, 15) is 9.59 Å².